The normalized spacial score (nSPS) is 9.55. The number of aromatic nitrogens is 2. The zero-order valence-corrected chi connectivity index (χ0v) is 5.77. The smallest absolute Gasteiger partial charge is 0.258 e. The first-order valence-electron chi connectivity index (χ1n) is 2.88. The maximum Gasteiger partial charge on any atom is 0.300 e. The maximum absolute atomic E-state index is 10.5. The van der Waals surface area contributed by atoms with Crippen molar-refractivity contribution >= 4 is 5.69 Å². The summed E-state index contributed by atoms with van der Waals surface area (Å²) in [5.41, 5.74) is 0.157. The van der Waals surface area contributed by atoms with Crippen molar-refractivity contribution in [2.24, 2.45) is 0 Å². The van der Waals surface area contributed by atoms with Crippen molar-refractivity contribution in [2.75, 3.05) is 0 Å². The van der Waals surface area contributed by atoms with Crippen LogP contribution in [-0.4, -0.2) is 10.0 Å². The molecule has 0 saturated heterocycles. The van der Waals surface area contributed by atoms with Crippen molar-refractivity contribution in [3.05, 3.63) is 33.0 Å². The van der Waals surface area contributed by atoms with E-state index < -0.39 is 4.92 Å². The van der Waals surface area contributed by atoms with E-state index in [-0.39, 0.29) is 11.4 Å². The predicted molar refractivity (Wildman–Crippen MR) is 35.6 cm³/mol. The van der Waals surface area contributed by atoms with Crippen LogP contribution in [-0.2, 0) is 0 Å². The Bertz CT molecular complexity index is 343. The summed E-state index contributed by atoms with van der Waals surface area (Å²) in [4.78, 5) is 20.2. The molecule has 0 amide bonds. The molecule has 0 radical (unpaired) electrons. The lowest BCUT2D eigenvalue weighted by molar-refractivity contribution is -0.566. The van der Waals surface area contributed by atoms with Gasteiger partial charge < -0.3 is 0 Å². The lowest BCUT2D eigenvalue weighted by Crippen LogP contribution is -2.19. The first-order chi connectivity index (χ1) is 5.11. The number of aryl methyl sites for hydroxylation is 1. The molecule has 0 aliphatic rings. The van der Waals surface area contributed by atoms with Crippen molar-refractivity contribution in [1.29, 1.82) is 0 Å². The minimum Gasteiger partial charge on any atom is -0.258 e. The molecule has 0 fully saturated rings. The summed E-state index contributed by atoms with van der Waals surface area (Å²) < 4.78 is 0.405. The summed E-state index contributed by atoms with van der Waals surface area (Å²) in [6.45, 7) is 1.46. The van der Waals surface area contributed by atoms with E-state index in [1.54, 1.807) is 0 Å². The number of H-pyrrole nitrogens is 1. The molecule has 1 N–H and O–H groups in total. The van der Waals surface area contributed by atoms with E-state index in [4.69, 9.17) is 0 Å². The highest BCUT2D eigenvalue weighted by Gasteiger charge is 2.12. The van der Waals surface area contributed by atoms with Gasteiger partial charge in [-0.05, 0) is 6.92 Å². The van der Waals surface area contributed by atoms with Gasteiger partial charge in [0.2, 0.25) is 0 Å². The zero-order chi connectivity index (χ0) is 8.43. The summed E-state index contributed by atoms with van der Waals surface area (Å²) in [5, 5.41) is 12.4. The quantitative estimate of drug-likeness (QED) is 0.357. The molecule has 1 rings (SSSR count). The Labute approximate surface area is 61.2 Å². The largest absolute Gasteiger partial charge is 0.300 e. The molecule has 0 aliphatic carbocycles. The molecule has 0 bridgehead atoms. The number of rotatable bonds is 1. The van der Waals surface area contributed by atoms with E-state index in [1.807, 2.05) is 0 Å². The fourth-order valence-corrected chi connectivity index (χ4v) is 0.721. The van der Waals surface area contributed by atoms with Gasteiger partial charge in [-0.3, -0.25) is 10.1 Å². The van der Waals surface area contributed by atoms with Crippen molar-refractivity contribution in [3.8, 4) is 0 Å². The molecule has 0 aromatic carbocycles. The van der Waals surface area contributed by atoms with Crippen LogP contribution in [0.15, 0.2) is 12.3 Å². The molecule has 1 heterocycles. The van der Waals surface area contributed by atoms with E-state index in [2.05, 4.69) is 5.10 Å². The highest BCUT2D eigenvalue weighted by molar-refractivity contribution is 5.30. The van der Waals surface area contributed by atoms with E-state index in [1.165, 1.54) is 6.92 Å². The van der Waals surface area contributed by atoms with Crippen molar-refractivity contribution < 1.29 is 9.47 Å². The number of nitrogens with one attached hydrogen (secondary N) is 1. The van der Waals surface area contributed by atoms with Gasteiger partial charge in [-0.15, -0.1) is 5.10 Å². The van der Waals surface area contributed by atoms with Crippen LogP contribution >= 0.6 is 0 Å². The molecule has 1 aromatic heterocycles. The second kappa shape index (κ2) is 2.49. The molecule has 0 spiro atoms. The van der Waals surface area contributed by atoms with Crippen LogP contribution in [0, 0.1) is 21.9 Å². The van der Waals surface area contributed by atoms with Crippen LogP contribution in [0.2, 0.25) is 0 Å². The van der Waals surface area contributed by atoms with Gasteiger partial charge in [0.25, 0.3) is 11.9 Å². The minimum absolute atomic E-state index is 0.0860. The molecule has 58 valence electrons. The van der Waals surface area contributed by atoms with Crippen molar-refractivity contribution in [2.45, 2.75) is 6.92 Å². The number of nitrogens with zero attached hydrogens (tertiary/aromatic N) is 2. The minimum atomic E-state index is -0.550. The SMILES string of the molecule is Cc1[nH][n+](=O)ccc1[N+](=O)[O-]. The van der Waals surface area contributed by atoms with E-state index in [9.17, 15) is 15.0 Å². The molecule has 6 nitrogen and oxygen atoms in total. The standard InChI is InChI=1S/C5H6N3O3/c1-4-5(8(10)11)2-3-7(9)6-4/h2-3H,1H3,(H,6,9)/q+1. The van der Waals surface area contributed by atoms with Crippen molar-refractivity contribution in [1.82, 2.24) is 5.10 Å². The molecule has 6 heteroatoms. The third kappa shape index (κ3) is 1.40. The third-order valence-corrected chi connectivity index (χ3v) is 1.23. The predicted octanol–water partition coefficient (Wildman–Crippen LogP) is 0.146. The van der Waals surface area contributed by atoms with Crippen LogP contribution in [0.4, 0.5) is 5.69 Å². The highest BCUT2D eigenvalue weighted by Crippen LogP contribution is 2.10. The van der Waals surface area contributed by atoms with Crippen LogP contribution in [0.3, 0.4) is 0 Å². The van der Waals surface area contributed by atoms with Crippen molar-refractivity contribution in [3.63, 3.8) is 0 Å². The summed E-state index contributed by atoms with van der Waals surface area (Å²) in [5.74, 6) is 0. The highest BCUT2D eigenvalue weighted by atomic mass is 16.6. The van der Waals surface area contributed by atoms with Gasteiger partial charge in [0.15, 0.2) is 10.2 Å². The average molecular weight is 156 g/mol. The maximum atomic E-state index is 10.5. The Hall–Kier alpha value is -1.72. The molecule has 1 aromatic rings. The molecule has 0 saturated carbocycles. The van der Waals surface area contributed by atoms with E-state index >= 15 is 0 Å². The van der Waals surface area contributed by atoms with Crippen LogP contribution < -0.4 is 4.54 Å². The fourth-order valence-electron chi connectivity index (χ4n) is 0.721. The monoisotopic (exact) mass is 156 g/mol. The van der Waals surface area contributed by atoms with Gasteiger partial charge >= 0.3 is 0 Å². The van der Waals surface area contributed by atoms with Gasteiger partial charge in [-0.1, -0.05) is 0 Å². The first kappa shape index (κ1) is 7.39. The van der Waals surface area contributed by atoms with Crippen LogP contribution in [0.5, 0.6) is 0 Å². The average Bonchev–Trinajstić information content (AvgIpc) is 1.85. The van der Waals surface area contributed by atoms with Crippen LogP contribution in [0.1, 0.15) is 5.69 Å². The lowest BCUT2D eigenvalue weighted by atomic mass is 10.4. The van der Waals surface area contributed by atoms with E-state index in [0.29, 0.717) is 4.54 Å². The summed E-state index contributed by atoms with van der Waals surface area (Å²) in [6.07, 6.45) is 1.05. The third-order valence-electron chi connectivity index (χ3n) is 1.23. The number of nitro groups is 1. The molecular weight excluding hydrogens is 150 g/mol. The molecule has 11 heavy (non-hydrogen) atoms. The number of hydrogen-bond acceptors (Lipinski definition) is 3. The number of hydrogen-bond donors (Lipinski definition) is 1. The summed E-state index contributed by atoms with van der Waals surface area (Å²) >= 11 is 0. The molecule has 0 aliphatic heterocycles. The Kier molecular flexibility index (Phi) is 1.67. The molecule has 0 unspecified atom stereocenters. The lowest BCUT2D eigenvalue weighted by Gasteiger charge is -1.88. The Morgan fingerprint density at radius 1 is 1.73 bits per heavy atom. The van der Waals surface area contributed by atoms with Gasteiger partial charge in [-0.25, -0.2) is 0 Å². The fraction of sp³-hybridized carbons (Fsp3) is 0.200. The summed E-state index contributed by atoms with van der Waals surface area (Å²) in [7, 11) is 0. The summed E-state index contributed by atoms with van der Waals surface area (Å²) in [6, 6.07) is 1.15. The van der Waals surface area contributed by atoms with Gasteiger partial charge in [-0.2, -0.15) is 0 Å². The molecular formula is C5H6N3O3+. The Morgan fingerprint density at radius 2 is 2.36 bits per heavy atom. The second-order valence-electron chi connectivity index (χ2n) is 2.02. The zero-order valence-electron chi connectivity index (χ0n) is 5.77. The molecule has 0 atom stereocenters. The Balaban J connectivity index is 3.31. The number of aromatic amines is 1. The van der Waals surface area contributed by atoms with Gasteiger partial charge in [0.05, 0.1) is 15.9 Å². The van der Waals surface area contributed by atoms with Gasteiger partial charge in [0, 0.05) is 0 Å². The van der Waals surface area contributed by atoms with Crippen LogP contribution in [0.25, 0.3) is 0 Å². The van der Waals surface area contributed by atoms with Gasteiger partial charge in [0.1, 0.15) is 0 Å². The first-order valence-corrected chi connectivity index (χ1v) is 2.88. The topological polar surface area (TPSA) is 81.9 Å². The Morgan fingerprint density at radius 3 is 2.82 bits per heavy atom. The van der Waals surface area contributed by atoms with E-state index in [0.717, 1.165) is 12.3 Å². The second-order valence-corrected chi connectivity index (χ2v) is 2.02.